The molecular weight excluding hydrogens is 396 g/mol. The number of sulfone groups is 1. The van der Waals surface area contributed by atoms with Crippen molar-refractivity contribution in [3.05, 3.63) is 33.6 Å². The highest BCUT2D eigenvalue weighted by Crippen LogP contribution is 2.31. The van der Waals surface area contributed by atoms with Gasteiger partial charge in [-0.15, -0.1) is 0 Å². The van der Waals surface area contributed by atoms with E-state index >= 15 is 0 Å². The maximum Gasteiger partial charge on any atom is 0.262 e. The minimum Gasteiger partial charge on any atom is -0.391 e. The molecule has 26 heavy (non-hydrogen) atoms. The van der Waals surface area contributed by atoms with Crippen LogP contribution >= 0.6 is 23.4 Å². The topological polar surface area (TPSA) is 89.3 Å². The zero-order valence-corrected chi connectivity index (χ0v) is 16.9. The number of rotatable bonds is 5. The summed E-state index contributed by atoms with van der Waals surface area (Å²) >= 11 is 7.18. The summed E-state index contributed by atoms with van der Waals surface area (Å²) in [5.41, 5.74) is 0.298. The fourth-order valence-corrected chi connectivity index (χ4v) is 6.66. The highest BCUT2D eigenvalue weighted by molar-refractivity contribution is 8.01. The maximum atomic E-state index is 12.9. The summed E-state index contributed by atoms with van der Waals surface area (Å²) in [6, 6.07) is 4.93. The second-order valence-electron chi connectivity index (χ2n) is 7.00. The molecule has 0 unspecified atom stereocenters. The van der Waals surface area contributed by atoms with Crippen LogP contribution in [0.5, 0.6) is 0 Å². The van der Waals surface area contributed by atoms with Gasteiger partial charge in [0.1, 0.15) is 0 Å². The van der Waals surface area contributed by atoms with Crippen molar-refractivity contribution in [1.29, 1.82) is 0 Å². The summed E-state index contributed by atoms with van der Waals surface area (Å²) in [7, 11) is -3.27. The van der Waals surface area contributed by atoms with Gasteiger partial charge >= 0.3 is 0 Å². The van der Waals surface area contributed by atoms with Gasteiger partial charge in [0.25, 0.3) is 5.56 Å². The van der Waals surface area contributed by atoms with Crippen molar-refractivity contribution in [3.63, 3.8) is 0 Å². The van der Waals surface area contributed by atoms with E-state index in [0.29, 0.717) is 33.5 Å². The van der Waals surface area contributed by atoms with E-state index in [9.17, 15) is 18.3 Å². The summed E-state index contributed by atoms with van der Waals surface area (Å²) in [5.74, 6) is 0.0327. The second-order valence-corrected chi connectivity index (χ2v) is 10.8. The van der Waals surface area contributed by atoms with Crippen LogP contribution in [0.1, 0.15) is 20.3 Å². The molecule has 0 bridgehead atoms. The summed E-state index contributed by atoms with van der Waals surface area (Å²) in [5, 5.41) is 10.9. The van der Waals surface area contributed by atoms with Crippen LogP contribution in [0.4, 0.5) is 0 Å². The number of aliphatic hydroxyl groups excluding tert-OH is 1. The lowest BCUT2D eigenvalue weighted by Gasteiger charge is -2.17. The lowest BCUT2D eigenvalue weighted by Crippen LogP contribution is -2.27. The molecule has 0 saturated carbocycles. The molecule has 1 N–H and O–H groups in total. The van der Waals surface area contributed by atoms with E-state index in [2.05, 4.69) is 18.8 Å². The SMILES string of the molecule is CC(C)CCn1c(S[C@@H]2CS(=O)(=O)C[C@H]2O)nc2cc(Cl)ccc2c1=O. The van der Waals surface area contributed by atoms with E-state index in [0.717, 1.165) is 18.2 Å². The number of aromatic nitrogens is 2. The number of hydrogen-bond acceptors (Lipinski definition) is 6. The predicted octanol–water partition coefficient (Wildman–Crippen LogP) is 2.35. The van der Waals surface area contributed by atoms with Crippen molar-refractivity contribution < 1.29 is 13.5 Å². The van der Waals surface area contributed by atoms with Gasteiger partial charge in [0.2, 0.25) is 0 Å². The molecule has 2 aromatic rings. The number of halogens is 1. The van der Waals surface area contributed by atoms with Gasteiger partial charge in [-0.2, -0.15) is 0 Å². The number of nitrogens with zero attached hydrogens (tertiary/aromatic N) is 2. The van der Waals surface area contributed by atoms with E-state index in [1.54, 1.807) is 22.8 Å². The zero-order valence-electron chi connectivity index (χ0n) is 14.6. The summed E-state index contributed by atoms with van der Waals surface area (Å²) in [6.07, 6.45) is -0.171. The van der Waals surface area contributed by atoms with Crippen LogP contribution in [0.25, 0.3) is 10.9 Å². The van der Waals surface area contributed by atoms with Gasteiger partial charge in [-0.3, -0.25) is 9.36 Å². The van der Waals surface area contributed by atoms with Crippen LogP contribution in [0.2, 0.25) is 5.02 Å². The molecule has 2 heterocycles. The molecule has 6 nitrogen and oxygen atoms in total. The Labute approximate surface area is 161 Å². The summed E-state index contributed by atoms with van der Waals surface area (Å²) in [4.78, 5) is 17.5. The Morgan fingerprint density at radius 1 is 1.38 bits per heavy atom. The van der Waals surface area contributed by atoms with Gasteiger partial charge in [-0.1, -0.05) is 37.2 Å². The third-order valence-corrected chi connectivity index (χ3v) is 7.81. The molecule has 0 spiro atoms. The van der Waals surface area contributed by atoms with Crippen LogP contribution in [-0.4, -0.2) is 45.9 Å². The van der Waals surface area contributed by atoms with Crippen LogP contribution in [0.3, 0.4) is 0 Å². The smallest absolute Gasteiger partial charge is 0.262 e. The van der Waals surface area contributed by atoms with E-state index in [1.807, 2.05) is 0 Å². The standard InChI is InChI=1S/C17H21ClN2O4S2/c1-10(2)5-6-20-16(22)12-4-3-11(18)7-13(12)19-17(20)25-15-9-26(23,24)8-14(15)21/h3-4,7,10,14-15,21H,5-6,8-9H2,1-2H3/t14-,15-/m1/s1. The maximum absolute atomic E-state index is 12.9. The van der Waals surface area contributed by atoms with Crippen molar-refractivity contribution in [2.24, 2.45) is 5.92 Å². The molecule has 1 aromatic heterocycles. The summed E-state index contributed by atoms with van der Waals surface area (Å²) < 4.78 is 25.2. The Balaban J connectivity index is 2.06. The Morgan fingerprint density at radius 2 is 2.12 bits per heavy atom. The van der Waals surface area contributed by atoms with Crippen molar-refractivity contribution in [2.75, 3.05) is 11.5 Å². The first-order chi connectivity index (χ1) is 12.2. The van der Waals surface area contributed by atoms with Gasteiger partial charge in [-0.05, 0) is 30.5 Å². The van der Waals surface area contributed by atoms with Gasteiger partial charge < -0.3 is 5.11 Å². The zero-order chi connectivity index (χ0) is 19.1. The molecule has 0 radical (unpaired) electrons. The Bertz CT molecular complexity index is 988. The molecule has 3 rings (SSSR count). The van der Waals surface area contributed by atoms with Crippen molar-refractivity contribution in [2.45, 2.75) is 43.3 Å². The number of aliphatic hydroxyl groups is 1. The lowest BCUT2D eigenvalue weighted by molar-refractivity contribution is 0.207. The van der Waals surface area contributed by atoms with Crippen molar-refractivity contribution in [1.82, 2.24) is 9.55 Å². The van der Waals surface area contributed by atoms with E-state index < -0.39 is 21.2 Å². The minimum atomic E-state index is -3.27. The first-order valence-corrected chi connectivity index (χ1v) is 11.5. The number of thioether (sulfide) groups is 1. The molecular formula is C17H21ClN2O4S2. The van der Waals surface area contributed by atoms with Crippen LogP contribution in [0.15, 0.2) is 28.2 Å². The average molecular weight is 417 g/mol. The third kappa shape index (κ3) is 4.24. The molecule has 1 aliphatic heterocycles. The molecule has 1 fully saturated rings. The summed E-state index contributed by atoms with van der Waals surface area (Å²) in [6.45, 7) is 4.62. The fourth-order valence-electron chi connectivity index (χ4n) is 2.89. The predicted molar refractivity (Wildman–Crippen MR) is 105 cm³/mol. The van der Waals surface area contributed by atoms with E-state index in [-0.39, 0.29) is 17.1 Å². The number of fused-ring (bicyclic) bond motifs is 1. The second kappa shape index (κ2) is 7.50. The number of benzene rings is 1. The van der Waals surface area contributed by atoms with E-state index in [1.165, 1.54) is 0 Å². The Morgan fingerprint density at radius 3 is 2.73 bits per heavy atom. The van der Waals surface area contributed by atoms with Crippen molar-refractivity contribution in [3.8, 4) is 0 Å². The quantitative estimate of drug-likeness (QED) is 0.752. The molecule has 0 amide bonds. The molecule has 1 aliphatic rings. The molecule has 0 aliphatic carbocycles. The minimum absolute atomic E-state index is 0.119. The van der Waals surface area contributed by atoms with Gasteiger partial charge in [-0.25, -0.2) is 13.4 Å². The lowest BCUT2D eigenvalue weighted by atomic mass is 10.1. The number of hydrogen-bond donors (Lipinski definition) is 1. The average Bonchev–Trinajstić information content (AvgIpc) is 2.78. The third-order valence-electron chi connectivity index (χ3n) is 4.34. The molecule has 9 heteroatoms. The van der Waals surface area contributed by atoms with Crippen molar-refractivity contribution >= 4 is 44.1 Å². The fraction of sp³-hybridized carbons (Fsp3) is 0.529. The molecule has 1 aromatic carbocycles. The normalized spacial score (nSPS) is 22.3. The first-order valence-electron chi connectivity index (χ1n) is 8.41. The highest BCUT2D eigenvalue weighted by atomic mass is 35.5. The Kier molecular flexibility index (Phi) is 5.67. The Hall–Kier alpha value is -1.09. The monoisotopic (exact) mass is 416 g/mol. The first kappa shape index (κ1) is 19.7. The molecule has 142 valence electrons. The van der Waals surface area contributed by atoms with Gasteiger partial charge in [0.15, 0.2) is 15.0 Å². The largest absolute Gasteiger partial charge is 0.391 e. The van der Waals surface area contributed by atoms with E-state index in [4.69, 9.17) is 11.6 Å². The van der Waals surface area contributed by atoms with Gasteiger partial charge in [0, 0.05) is 11.6 Å². The van der Waals surface area contributed by atoms with Crippen LogP contribution < -0.4 is 5.56 Å². The van der Waals surface area contributed by atoms with Crippen LogP contribution in [-0.2, 0) is 16.4 Å². The van der Waals surface area contributed by atoms with Crippen LogP contribution in [0, 0.1) is 5.92 Å². The molecule has 2 atom stereocenters. The molecule has 1 saturated heterocycles. The van der Waals surface area contributed by atoms with Gasteiger partial charge in [0.05, 0.1) is 33.8 Å². The highest BCUT2D eigenvalue weighted by Gasteiger charge is 2.38.